The Morgan fingerprint density at radius 2 is 1.26 bits per heavy atom. The Kier molecular flexibility index (Phi) is 11.9. The Labute approximate surface area is 227 Å². The molecule has 1 atom stereocenters. The maximum absolute atomic E-state index is 12.6. The molecule has 0 aliphatic heterocycles. The molecule has 202 valence electrons. The van der Waals surface area contributed by atoms with E-state index in [2.05, 4.69) is 6.92 Å². The zero-order valence-electron chi connectivity index (χ0n) is 22.9. The van der Waals surface area contributed by atoms with Crippen molar-refractivity contribution < 1.29 is 23.8 Å². The molecule has 0 bridgehead atoms. The summed E-state index contributed by atoms with van der Waals surface area (Å²) in [6.07, 6.45) is 8.25. The van der Waals surface area contributed by atoms with Gasteiger partial charge in [0.2, 0.25) is 0 Å². The standard InChI is InChI=1S/C33H40O5/c1-4-6-7-8-9-10-24-36-30-20-18-29(19-21-30)33(35)38-31-22-16-28(17-23-31)27-14-12-26(13-15-27)25(3)37-32(34)11-5-2/h12-23,25H,4-11,24H2,1-3H3. The summed E-state index contributed by atoms with van der Waals surface area (Å²) in [5, 5.41) is 0. The molecule has 0 N–H and O–H groups in total. The molecule has 0 aliphatic rings. The zero-order chi connectivity index (χ0) is 27.2. The molecule has 0 saturated carbocycles. The number of ether oxygens (including phenoxy) is 3. The summed E-state index contributed by atoms with van der Waals surface area (Å²) in [6.45, 7) is 6.75. The molecule has 1 unspecified atom stereocenters. The van der Waals surface area contributed by atoms with Gasteiger partial charge in [0, 0.05) is 6.42 Å². The smallest absolute Gasteiger partial charge is 0.343 e. The molecular weight excluding hydrogens is 476 g/mol. The number of unbranched alkanes of at least 4 members (excludes halogenated alkanes) is 5. The summed E-state index contributed by atoms with van der Waals surface area (Å²) in [5.74, 6) is 0.660. The summed E-state index contributed by atoms with van der Waals surface area (Å²) in [5.41, 5.74) is 3.45. The van der Waals surface area contributed by atoms with Gasteiger partial charge in [-0.2, -0.15) is 0 Å². The van der Waals surface area contributed by atoms with Crippen LogP contribution in [-0.2, 0) is 9.53 Å². The molecule has 0 aromatic heterocycles. The van der Waals surface area contributed by atoms with Gasteiger partial charge in [-0.1, -0.05) is 82.3 Å². The second-order valence-corrected chi connectivity index (χ2v) is 9.56. The van der Waals surface area contributed by atoms with Crippen molar-refractivity contribution in [2.24, 2.45) is 0 Å². The third-order valence-electron chi connectivity index (χ3n) is 6.40. The molecule has 5 nitrogen and oxygen atoms in total. The first kappa shape index (κ1) is 29.0. The van der Waals surface area contributed by atoms with Crippen molar-refractivity contribution in [2.75, 3.05) is 6.61 Å². The summed E-state index contributed by atoms with van der Waals surface area (Å²) < 4.78 is 16.8. The lowest BCUT2D eigenvalue weighted by Gasteiger charge is -2.14. The molecule has 0 saturated heterocycles. The minimum atomic E-state index is -0.406. The van der Waals surface area contributed by atoms with Crippen molar-refractivity contribution >= 4 is 11.9 Å². The van der Waals surface area contributed by atoms with Crippen LogP contribution in [0.5, 0.6) is 11.5 Å². The SMILES string of the molecule is CCCCCCCCOc1ccc(C(=O)Oc2ccc(-c3ccc(C(C)OC(=O)CCC)cc3)cc2)cc1. The van der Waals surface area contributed by atoms with Gasteiger partial charge in [0.05, 0.1) is 12.2 Å². The van der Waals surface area contributed by atoms with E-state index in [1.165, 1.54) is 32.1 Å². The first-order valence-corrected chi connectivity index (χ1v) is 13.8. The molecule has 0 radical (unpaired) electrons. The molecule has 3 rings (SSSR count). The van der Waals surface area contributed by atoms with Gasteiger partial charge in [0.1, 0.15) is 17.6 Å². The number of hydrogen-bond acceptors (Lipinski definition) is 5. The van der Waals surface area contributed by atoms with Gasteiger partial charge in [-0.05, 0) is 72.9 Å². The van der Waals surface area contributed by atoms with Crippen LogP contribution in [0.3, 0.4) is 0 Å². The van der Waals surface area contributed by atoms with Gasteiger partial charge in [-0.15, -0.1) is 0 Å². The van der Waals surface area contributed by atoms with Crippen molar-refractivity contribution in [3.05, 3.63) is 83.9 Å². The molecule has 3 aromatic rings. The predicted molar refractivity (Wildman–Crippen MR) is 152 cm³/mol. The van der Waals surface area contributed by atoms with Crippen LogP contribution in [0, 0.1) is 0 Å². The Balaban J connectivity index is 1.47. The van der Waals surface area contributed by atoms with Crippen LogP contribution in [0.4, 0.5) is 0 Å². The van der Waals surface area contributed by atoms with Crippen molar-refractivity contribution in [1.29, 1.82) is 0 Å². The maximum atomic E-state index is 12.6. The number of benzene rings is 3. The predicted octanol–water partition coefficient (Wildman–Crippen LogP) is 8.72. The number of carbonyl (C=O) groups is 2. The summed E-state index contributed by atoms with van der Waals surface area (Å²) in [6, 6.07) is 22.4. The normalized spacial score (nSPS) is 11.6. The van der Waals surface area contributed by atoms with Crippen molar-refractivity contribution in [1.82, 2.24) is 0 Å². The monoisotopic (exact) mass is 516 g/mol. The van der Waals surface area contributed by atoms with E-state index in [1.54, 1.807) is 24.3 Å². The topological polar surface area (TPSA) is 61.8 Å². The van der Waals surface area contributed by atoms with E-state index in [0.717, 1.165) is 35.3 Å². The molecule has 0 fully saturated rings. The average molecular weight is 517 g/mol. The van der Waals surface area contributed by atoms with Gasteiger partial charge in [0.25, 0.3) is 0 Å². The Morgan fingerprint density at radius 1 is 0.684 bits per heavy atom. The molecule has 0 amide bonds. The molecule has 3 aromatic carbocycles. The van der Waals surface area contributed by atoms with E-state index in [9.17, 15) is 9.59 Å². The fourth-order valence-corrected chi connectivity index (χ4v) is 4.12. The zero-order valence-corrected chi connectivity index (χ0v) is 22.9. The number of carbonyl (C=O) groups excluding carboxylic acids is 2. The van der Waals surface area contributed by atoms with E-state index >= 15 is 0 Å². The summed E-state index contributed by atoms with van der Waals surface area (Å²) in [4.78, 5) is 24.3. The molecular formula is C33H40O5. The highest BCUT2D eigenvalue weighted by molar-refractivity contribution is 5.91. The van der Waals surface area contributed by atoms with E-state index in [1.807, 2.05) is 62.4 Å². The van der Waals surface area contributed by atoms with Gasteiger partial charge in [0.15, 0.2) is 0 Å². The first-order valence-electron chi connectivity index (χ1n) is 13.8. The molecule has 0 spiro atoms. The van der Waals surface area contributed by atoms with Crippen molar-refractivity contribution in [3.8, 4) is 22.6 Å². The summed E-state index contributed by atoms with van der Waals surface area (Å²) in [7, 11) is 0. The highest BCUT2D eigenvalue weighted by atomic mass is 16.5. The van der Waals surface area contributed by atoms with Crippen LogP contribution in [0.1, 0.15) is 94.2 Å². The molecule has 0 aliphatic carbocycles. The van der Waals surface area contributed by atoms with E-state index in [0.29, 0.717) is 24.3 Å². The average Bonchev–Trinajstić information content (AvgIpc) is 2.93. The van der Waals surface area contributed by atoms with Gasteiger partial charge in [-0.25, -0.2) is 4.79 Å². The number of hydrogen-bond donors (Lipinski definition) is 0. The quantitative estimate of drug-likeness (QED) is 0.115. The third-order valence-corrected chi connectivity index (χ3v) is 6.40. The second kappa shape index (κ2) is 15.6. The van der Waals surface area contributed by atoms with Crippen LogP contribution >= 0.6 is 0 Å². The fourth-order valence-electron chi connectivity index (χ4n) is 4.12. The Bertz CT molecular complexity index is 1120. The Morgan fingerprint density at radius 3 is 1.89 bits per heavy atom. The number of esters is 2. The van der Waals surface area contributed by atoms with Crippen LogP contribution in [0.2, 0.25) is 0 Å². The molecule has 38 heavy (non-hydrogen) atoms. The van der Waals surface area contributed by atoms with Crippen molar-refractivity contribution in [2.45, 2.75) is 78.2 Å². The lowest BCUT2D eigenvalue weighted by atomic mass is 10.0. The first-order chi connectivity index (χ1) is 18.5. The highest BCUT2D eigenvalue weighted by Gasteiger charge is 2.12. The lowest BCUT2D eigenvalue weighted by molar-refractivity contribution is -0.148. The van der Waals surface area contributed by atoms with Gasteiger partial charge in [-0.3, -0.25) is 4.79 Å². The van der Waals surface area contributed by atoms with Crippen LogP contribution in [0.25, 0.3) is 11.1 Å². The lowest BCUT2D eigenvalue weighted by Crippen LogP contribution is -2.08. The minimum Gasteiger partial charge on any atom is -0.494 e. The molecule has 0 heterocycles. The summed E-state index contributed by atoms with van der Waals surface area (Å²) >= 11 is 0. The Hall–Kier alpha value is -3.60. The van der Waals surface area contributed by atoms with Crippen LogP contribution < -0.4 is 9.47 Å². The van der Waals surface area contributed by atoms with Crippen molar-refractivity contribution in [3.63, 3.8) is 0 Å². The van der Waals surface area contributed by atoms with Crippen LogP contribution in [0.15, 0.2) is 72.8 Å². The van der Waals surface area contributed by atoms with E-state index < -0.39 is 5.97 Å². The van der Waals surface area contributed by atoms with E-state index in [-0.39, 0.29) is 12.1 Å². The largest absolute Gasteiger partial charge is 0.494 e. The second-order valence-electron chi connectivity index (χ2n) is 9.56. The highest BCUT2D eigenvalue weighted by Crippen LogP contribution is 2.26. The minimum absolute atomic E-state index is 0.179. The van der Waals surface area contributed by atoms with E-state index in [4.69, 9.17) is 14.2 Å². The van der Waals surface area contributed by atoms with Gasteiger partial charge < -0.3 is 14.2 Å². The molecule has 5 heteroatoms. The third kappa shape index (κ3) is 9.37. The number of rotatable bonds is 15. The van der Waals surface area contributed by atoms with Crippen LogP contribution in [-0.4, -0.2) is 18.5 Å². The van der Waals surface area contributed by atoms with Gasteiger partial charge >= 0.3 is 11.9 Å². The maximum Gasteiger partial charge on any atom is 0.343 e. The fraction of sp³-hybridized carbons (Fsp3) is 0.394.